The number of carbonyl (C=O) groups is 1. The number of amides is 2. The molecule has 0 aliphatic heterocycles. The fraction of sp³-hybridized carbons (Fsp3) is 0.278. The van der Waals surface area contributed by atoms with Crippen LogP contribution < -0.4 is 10.1 Å². The number of nitrogens with one attached hydrogen (secondary N) is 1. The maximum atomic E-state index is 12.4. The molecule has 4 nitrogen and oxygen atoms in total. The van der Waals surface area contributed by atoms with Crippen LogP contribution >= 0.6 is 0 Å². The summed E-state index contributed by atoms with van der Waals surface area (Å²) in [5.41, 5.74) is 3.37. The molecule has 0 fully saturated rings. The van der Waals surface area contributed by atoms with Gasteiger partial charge in [0.1, 0.15) is 5.75 Å². The lowest BCUT2D eigenvalue weighted by molar-refractivity contribution is 0.204. The Labute approximate surface area is 130 Å². The van der Waals surface area contributed by atoms with E-state index in [1.54, 1.807) is 12.0 Å². The quantitative estimate of drug-likeness (QED) is 0.934. The summed E-state index contributed by atoms with van der Waals surface area (Å²) in [6, 6.07) is 15.8. The molecule has 3 rings (SSSR count). The van der Waals surface area contributed by atoms with Crippen LogP contribution in [0.25, 0.3) is 0 Å². The second-order valence-corrected chi connectivity index (χ2v) is 5.52. The zero-order valence-electron chi connectivity index (χ0n) is 12.9. The predicted molar refractivity (Wildman–Crippen MR) is 87.3 cm³/mol. The molecule has 1 N–H and O–H groups in total. The first-order valence-electron chi connectivity index (χ1n) is 7.44. The normalized spacial score (nSPS) is 16.0. The zero-order valence-corrected chi connectivity index (χ0v) is 12.9. The molecule has 0 saturated heterocycles. The van der Waals surface area contributed by atoms with Crippen molar-refractivity contribution in [1.29, 1.82) is 0 Å². The first-order chi connectivity index (χ1) is 10.7. The summed E-state index contributed by atoms with van der Waals surface area (Å²) < 4.78 is 5.12. The van der Waals surface area contributed by atoms with Crippen molar-refractivity contribution in [1.82, 2.24) is 4.90 Å². The summed E-state index contributed by atoms with van der Waals surface area (Å²) in [7, 11) is 3.48. The summed E-state index contributed by atoms with van der Waals surface area (Å²) in [4.78, 5) is 14.2. The summed E-state index contributed by atoms with van der Waals surface area (Å²) in [5, 5.41) is 2.93. The average Bonchev–Trinajstić information content (AvgIpc) is 2.99. The number of hydrogen-bond donors (Lipinski definition) is 1. The molecule has 2 amide bonds. The van der Waals surface area contributed by atoms with Crippen molar-refractivity contribution in [3.8, 4) is 5.75 Å². The summed E-state index contributed by atoms with van der Waals surface area (Å²) in [6.45, 7) is 0. The van der Waals surface area contributed by atoms with Gasteiger partial charge in [-0.3, -0.25) is 0 Å². The van der Waals surface area contributed by atoms with Gasteiger partial charge in [0.2, 0.25) is 0 Å². The summed E-state index contributed by atoms with van der Waals surface area (Å²) >= 11 is 0. The predicted octanol–water partition coefficient (Wildman–Crippen LogP) is 3.85. The van der Waals surface area contributed by atoms with E-state index in [0.29, 0.717) is 0 Å². The smallest absolute Gasteiger partial charge is 0.322 e. The van der Waals surface area contributed by atoms with E-state index in [4.69, 9.17) is 4.74 Å². The van der Waals surface area contributed by atoms with Crippen molar-refractivity contribution in [2.24, 2.45) is 0 Å². The molecule has 1 unspecified atom stereocenters. The molecule has 2 aromatic rings. The molecular formula is C18H20N2O2. The van der Waals surface area contributed by atoms with Gasteiger partial charge in [-0.2, -0.15) is 0 Å². The largest absolute Gasteiger partial charge is 0.497 e. The number of hydrogen-bond acceptors (Lipinski definition) is 2. The summed E-state index contributed by atoms with van der Waals surface area (Å²) in [6.07, 6.45) is 2.01. The van der Waals surface area contributed by atoms with Gasteiger partial charge in [0.25, 0.3) is 0 Å². The standard InChI is InChI=1S/C18H20N2O2/c1-20(17-12-7-13-5-3-4-6-16(13)17)18(21)19-14-8-10-15(22-2)11-9-14/h3-6,8-11,17H,7,12H2,1-2H3,(H,19,21). The SMILES string of the molecule is COc1ccc(NC(=O)N(C)C2CCc3ccccc32)cc1. The van der Waals surface area contributed by atoms with E-state index in [2.05, 4.69) is 23.5 Å². The molecule has 0 spiro atoms. The van der Waals surface area contributed by atoms with Crippen LogP contribution in [0.4, 0.5) is 10.5 Å². The van der Waals surface area contributed by atoms with Crippen molar-refractivity contribution >= 4 is 11.7 Å². The summed E-state index contributed by atoms with van der Waals surface area (Å²) in [5.74, 6) is 0.774. The van der Waals surface area contributed by atoms with Gasteiger partial charge in [-0.05, 0) is 48.2 Å². The second kappa shape index (κ2) is 6.10. The Morgan fingerprint density at radius 2 is 1.91 bits per heavy atom. The number of carbonyl (C=O) groups excluding carboxylic acids is 1. The van der Waals surface area contributed by atoms with Crippen LogP contribution in [0.3, 0.4) is 0 Å². The number of rotatable bonds is 3. The number of methoxy groups -OCH3 is 1. The molecule has 0 saturated carbocycles. The molecule has 22 heavy (non-hydrogen) atoms. The Balaban J connectivity index is 1.70. The topological polar surface area (TPSA) is 41.6 Å². The molecule has 114 valence electrons. The van der Waals surface area contributed by atoms with Crippen LogP contribution in [0.15, 0.2) is 48.5 Å². The molecule has 1 aliphatic carbocycles. The van der Waals surface area contributed by atoms with Crippen molar-refractivity contribution in [2.45, 2.75) is 18.9 Å². The minimum atomic E-state index is -0.0909. The molecule has 1 atom stereocenters. The van der Waals surface area contributed by atoms with E-state index < -0.39 is 0 Å². The highest BCUT2D eigenvalue weighted by atomic mass is 16.5. The lowest BCUT2D eigenvalue weighted by atomic mass is 10.1. The van der Waals surface area contributed by atoms with Gasteiger partial charge in [0, 0.05) is 12.7 Å². The third-order valence-electron chi connectivity index (χ3n) is 4.23. The van der Waals surface area contributed by atoms with Crippen molar-refractivity contribution < 1.29 is 9.53 Å². The van der Waals surface area contributed by atoms with Crippen LogP contribution in [0.2, 0.25) is 0 Å². The van der Waals surface area contributed by atoms with Gasteiger partial charge >= 0.3 is 6.03 Å². The average molecular weight is 296 g/mol. The number of ether oxygens (including phenoxy) is 1. The highest BCUT2D eigenvalue weighted by molar-refractivity contribution is 5.89. The maximum Gasteiger partial charge on any atom is 0.322 e. The van der Waals surface area contributed by atoms with E-state index in [-0.39, 0.29) is 12.1 Å². The number of nitrogens with zero attached hydrogens (tertiary/aromatic N) is 1. The minimum Gasteiger partial charge on any atom is -0.497 e. The van der Waals surface area contributed by atoms with Gasteiger partial charge in [0.05, 0.1) is 13.2 Å². The highest BCUT2D eigenvalue weighted by Crippen LogP contribution is 2.35. The first-order valence-corrected chi connectivity index (χ1v) is 7.44. The van der Waals surface area contributed by atoms with Gasteiger partial charge < -0.3 is 15.0 Å². The number of benzene rings is 2. The third-order valence-corrected chi connectivity index (χ3v) is 4.23. The van der Waals surface area contributed by atoms with Crippen molar-refractivity contribution in [3.63, 3.8) is 0 Å². The fourth-order valence-corrected chi connectivity index (χ4v) is 2.96. The molecule has 0 bridgehead atoms. The molecule has 2 aromatic carbocycles. The zero-order chi connectivity index (χ0) is 15.5. The Hall–Kier alpha value is -2.49. The Kier molecular flexibility index (Phi) is 4.00. The van der Waals surface area contributed by atoms with Crippen LogP contribution in [0, 0.1) is 0 Å². The number of fused-ring (bicyclic) bond motifs is 1. The van der Waals surface area contributed by atoms with E-state index >= 15 is 0 Å². The minimum absolute atomic E-state index is 0.0909. The van der Waals surface area contributed by atoms with Gasteiger partial charge in [-0.1, -0.05) is 24.3 Å². The number of aryl methyl sites for hydroxylation is 1. The molecule has 1 aliphatic rings. The highest BCUT2D eigenvalue weighted by Gasteiger charge is 2.28. The van der Waals surface area contributed by atoms with Gasteiger partial charge in [0.15, 0.2) is 0 Å². The maximum absolute atomic E-state index is 12.4. The van der Waals surface area contributed by atoms with E-state index in [1.807, 2.05) is 37.4 Å². The fourth-order valence-electron chi connectivity index (χ4n) is 2.96. The lowest BCUT2D eigenvalue weighted by Crippen LogP contribution is -2.33. The molecule has 0 radical (unpaired) electrons. The molecular weight excluding hydrogens is 276 g/mol. The van der Waals surface area contributed by atoms with Crippen molar-refractivity contribution in [2.75, 3.05) is 19.5 Å². The molecule has 4 heteroatoms. The Morgan fingerprint density at radius 1 is 1.18 bits per heavy atom. The monoisotopic (exact) mass is 296 g/mol. The van der Waals surface area contributed by atoms with Crippen molar-refractivity contribution in [3.05, 3.63) is 59.7 Å². The van der Waals surface area contributed by atoms with Gasteiger partial charge in [-0.15, -0.1) is 0 Å². The van der Waals surface area contributed by atoms with E-state index in [9.17, 15) is 4.79 Å². The van der Waals surface area contributed by atoms with Crippen LogP contribution in [0.1, 0.15) is 23.6 Å². The van der Waals surface area contributed by atoms with Gasteiger partial charge in [-0.25, -0.2) is 4.79 Å². The molecule has 0 aromatic heterocycles. The molecule has 0 heterocycles. The first kappa shape index (κ1) is 14.4. The van der Waals surface area contributed by atoms with E-state index in [0.717, 1.165) is 24.3 Å². The lowest BCUT2D eigenvalue weighted by Gasteiger charge is -2.25. The van der Waals surface area contributed by atoms with Crippen LogP contribution in [-0.4, -0.2) is 25.1 Å². The van der Waals surface area contributed by atoms with Crippen LogP contribution in [-0.2, 0) is 6.42 Å². The Morgan fingerprint density at radius 3 is 2.64 bits per heavy atom. The number of anilines is 1. The van der Waals surface area contributed by atoms with Crippen LogP contribution in [0.5, 0.6) is 5.75 Å². The third kappa shape index (κ3) is 2.77. The second-order valence-electron chi connectivity index (χ2n) is 5.52. The Bertz CT molecular complexity index is 667. The number of urea groups is 1. The van der Waals surface area contributed by atoms with E-state index in [1.165, 1.54) is 11.1 Å².